The number of aliphatic hydroxyl groups is 1. The fraction of sp³-hybridized carbons (Fsp3) is 0.381. The van der Waals surface area contributed by atoms with Crippen molar-refractivity contribution in [3.63, 3.8) is 0 Å². The Morgan fingerprint density at radius 3 is 2.93 bits per heavy atom. The van der Waals surface area contributed by atoms with Crippen molar-refractivity contribution in [3.8, 4) is 0 Å². The Balaban J connectivity index is 1.52. The summed E-state index contributed by atoms with van der Waals surface area (Å²) in [5.74, 6) is 0.438. The molecule has 3 aromatic rings. The molecular weight excluding hydrogens is 342 g/mol. The van der Waals surface area contributed by atoms with Gasteiger partial charge in [-0.1, -0.05) is 29.4 Å². The molecule has 6 nitrogen and oxygen atoms in total. The highest BCUT2D eigenvalue weighted by Gasteiger charge is 2.29. The minimum atomic E-state index is 0.0170. The second-order valence-corrected chi connectivity index (χ2v) is 7.35. The lowest BCUT2D eigenvalue weighted by Gasteiger charge is -2.17. The van der Waals surface area contributed by atoms with Crippen LogP contribution in [-0.2, 0) is 13.0 Å². The number of carbonyl (C=O) groups is 1. The van der Waals surface area contributed by atoms with Crippen LogP contribution in [0.1, 0.15) is 39.3 Å². The van der Waals surface area contributed by atoms with Crippen LogP contribution in [0, 0.1) is 19.8 Å². The molecule has 140 valence electrons. The van der Waals surface area contributed by atoms with E-state index in [1.165, 1.54) is 5.56 Å². The number of hydrogen-bond acceptors (Lipinski definition) is 5. The monoisotopic (exact) mass is 365 g/mol. The molecule has 2 aromatic heterocycles. The maximum Gasteiger partial charge on any atom is 0.258 e. The molecule has 1 aliphatic heterocycles. The fourth-order valence-corrected chi connectivity index (χ4v) is 3.93. The number of pyridine rings is 1. The summed E-state index contributed by atoms with van der Waals surface area (Å²) in [5.41, 5.74) is 4.62. The molecule has 3 heterocycles. The molecule has 4 rings (SSSR count). The Kier molecular flexibility index (Phi) is 4.66. The highest BCUT2D eigenvalue weighted by atomic mass is 16.5. The van der Waals surface area contributed by atoms with Crippen LogP contribution >= 0.6 is 0 Å². The third-order valence-corrected chi connectivity index (χ3v) is 5.25. The molecule has 1 amide bonds. The number of nitrogens with zero attached hydrogens (tertiary/aromatic N) is 3. The van der Waals surface area contributed by atoms with Crippen LogP contribution in [0.3, 0.4) is 0 Å². The van der Waals surface area contributed by atoms with Gasteiger partial charge in [0, 0.05) is 18.8 Å². The first-order valence-corrected chi connectivity index (χ1v) is 9.26. The van der Waals surface area contributed by atoms with Crippen LogP contribution in [0.5, 0.6) is 0 Å². The molecule has 0 aliphatic carbocycles. The lowest BCUT2D eigenvalue weighted by molar-refractivity contribution is 0.0788. The Morgan fingerprint density at radius 2 is 2.11 bits per heavy atom. The molecule has 1 fully saturated rings. The van der Waals surface area contributed by atoms with Crippen LogP contribution in [0.25, 0.3) is 11.1 Å². The summed E-state index contributed by atoms with van der Waals surface area (Å²) in [6.45, 7) is 5.22. The summed E-state index contributed by atoms with van der Waals surface area (Å²) < 4.78 is 5.25. The summed E-state index contributed by atoms with van der Waals surface area (Å²) in [6, 6.07) is 9.85. The van der Waals surface area contributed by atoms with Crippen molar-refractivity contribution in [3.05, 3.63) is 58.4 Å². The summed E-state index contributed by atoms with van der Waals surface area (Å²) in [4.78, 5) is 19.4. The molecule has 1 N–H and O–H groups in total. The minimum absolute atomic E-state index is 0.0170. The zero-order chi connectivity index (χ0) is 19.0. The SMILES string of the molecule is Cc1cc(C(=O)N2CCC(Cc3cccc(CO)c3)C2)c2c(C)noc2n1. The van der Waals surface area contributed by atoms with Gasteiger partial charge >= 0.3 is 0 Å². The number of carbonyl (C=O) groups excluding carboxylic acids is 1. The van der Waals surface area contributed by atoms with E-state index in [4.69, 9.17) is 4.52 Å². The van der Waals surface area contributed by atoms with Gasteiger partial charge in [0.15, 0.2) is 0 Å². The van der Waals surface area contributed by atoms with Gasteiger partial charge in [0.2, 0.25) is 0 Å². The van der Waals surface area contributed by atoms with Crippen molar-refractivity contribution in [2.75, 3.05) is 13.1 Å². The second kappa shape index (κ2) is 7.12. The molecule has 1 saturated heterocycles. The highest BCUT2D eigenvalue weighted by Crippen LogP contribution is 2.27. The van der Waals surface area contributed by atoms with Crippen molar-refractivity contribution in [2.24, 2.45) is 5.92 Å². The lowest BCUT2D eigenvalue weighted by Crippen LogP contribution is -2.29. The number of fused-ring (bicyclic) bond motifs is 1. The van der Waals surface area contributed by atoms with Gasteiger partial charge in [-0.2, -0.15) is 0 Å². The highest BCUT2D eigenvalue weighted by molar-refractivity contribution is 6.06. The molecule has 0 bridgehead atoms. The van der Waals surface area contributed by atoms with Gasteiger partial charge in [0.05, 0.1) is 23.3 Å². The van der Waals surface area contributed by atoms with E-state index in [-0.39, 0.29) is 12.5 Å². The van der Waals surface area contributed by atoms with Crippen molar-refractivity contribution < 1.29 is 14.4 Å². The van der Waals surface area contributed by atoms with E-state index in [2.05, 4.69) is 16.2 Å². The topological polar surface area (TPSA) is 79.5 Å². The average molecular weight is 365 g/mol. The van der Waals surface area contributed by atoms with Crippen LogP contribution in [-0.4, -0.2) is 39.1 Å². The van der Waals surface area contributed by atoms with E-state index in [1.54, 1.807) is 0 Å². The first-order valence-electron chi connectivity index (χ1n) is 9.26. The van der Waals surface area contributed by atoms with E-state index in [0.29, 0.717) is 28.3 Å². The predicted octanol–water partition coefficient (Wildman–Crippen LogP) is 3.04. The van der Waals surface area contributed by atoms with Crippen LogP contribution in [0.4, 0.5) is 0 Å². The van der Waals surface area contributed by atoms with Gasteiger partial charge < -0.3 is 14.5 Å². The molecule has 27 heavy (non-hydrogen) atoms. The number of rotatable bonds is 4. The Morgan fingerprint density at radius 1 is 1.30 bits per heavy atom. The van der Waals surface area contributed by atoms with Crippen molar-refractivity contribution in [2.45, 2.75) is 33.3 Å². The van der Waals surface area contributed by atoms with Crippen molar-refractivity contribution >= 4 is 17.0 Å². The van der Waals surface area contributed by atoms with Crippen molar-refractivity contribution in [1.82, 2.24) is 15.0 Å². The molecule has 1 unspecified atom stereocenters. The largest absolute Gasteiger partial charge is 0.392 e. The molecule has 1 aromatic carbocycles. The number of hydrogen-bond donors (Lipinski definition) is 1. The average Bonchev–Trinajstić information content (AvgIpc) is 3.27. The third-order valence-electron chi connectivity index (χ3n) is 5.25. The number of aromatic nitrogens is 2. The zero-order valence-electron chi connectivity index (χ0n) is 15.6. The number of benzene rings is 1. The molecule has 6 heteroatoms. The smallest absolute Gasteiger partial charge is 0.258 e. The van der Waals surface area contributed by atoms with E-state index >= 15 is 0 Å². The molecule has 0 radical (unpaired) electrons. The Labute approximate surface area is 157 Å². The van der Waals surface area contributed by atoms with Gasteiger partial charge in [0.1, 0.15) is 0 Å². The molecule has 1 atom stereocenters. The third kappa shape index (κ3) is 3.45. The van der Waals surface area contributed by atoms with Gasteiger partial charge in [-0.15, -0.1) is 0 Å². The summed E-state index contributed by atoms with van der Waals surface area (Å²) in [7, 11) is 0. The lowest BCUT2D eigenvalue weighted by atomic mass is 9.97. The zero-order valence-corrected chi connectivity index (χ0v) is 15.6. The maximum absolute atomic E-state index is 13.2. The molecule has 0 saturated carbocycles. The van der Waals surface area contributed by atoms with Crippen LogP contribution in [0.15, 0.2) is 34.9 Å². The van der Waals surface area contributed by atoms with E-state index in [9.17, 15) is 9.90 Å². The Bertz CT molecular complexity index is 996. The standard InChI is InChI=1S/C21H23N3O3/c1-13-8-18(19-14(2)23-27-20(19)22-13)21(26)24-7-6-16(11-24)9-15-4-3-5-17(10-15)12-25/h3-5,8,10,16,25H,6-7,9,11-12H2,1-2H3. The van der Waals surface area contributed by atoms with Gasteiger partial charge in [-0.05, 0) is 49.8 Å². The van der Waals surface area contributed by atoms with Crippen LogP contribution < -0.4 is 0 Å². The number of aryl methyl sites for hydroxylation is 2. The number of likely N-dealkylation sites (tertiary alicyclic amines) is 1. The van der Waals surface area contributed by atoms with Crippen LogP contribution in [0.2, 0.25) is 0 Å². The maximum atomic E-state index is 13.2. The first-order chi connectivity index (χ1) is 13.0. The van der Waals surface area contributed by atoms with E-state index in [0.717, 1.165) is 37.2 Å². The number of amides is 1. The first kappa shape index (κ1) is 17.7. The molecule has 1 aliphatic rings. The predicted molar refractivity (Wildman–Crippen MR) is 101 cm³/mol. The van der Waals surface area contributed by atoms with Crippen molar-refractivity contribution in [1.29, 1.82) is 0 Å². The summed E-state index contributed by atoms with van der Waals surface area (Å²) in [5, 5.41) is 14.0. The van der Waals surface area contributed by atoms with Gasteiger partial charge in [0.25, 0.3) is 11.6 Å². The quantitative estimate of drug-likeness (QED) is 0.769. The molecular formula is C21H23N3O3. The number of aliphatic hydroxyl groups excluding tert-OH is 1. The van der Waals surface area contributed by atoms with Gasteiger partial charge in [-0.3, -0.25) is 4.79 Å². The van der Waals surface area contributed by atoms with E-state index < -0.39 is 0 Å². The minimum Gasteiger partial charge on any atom is -0.392 e. The normalized spacial score (nSPS) is 17.0. The summed E-state index contributed by atoms with van der Waals surface area (Å²) in [6.07, 6.45) is 1.89. The van der Waals surface area contributed by atoms with Gasteiger partial charge in [-0.25, -0.2) is 4.98 Å². The second-order valence-electron chi connectivity index (χ2n) is 7.35. The molecule has 0 spiro atoms. The van der Waals surface area contributed by atoms with E-state index in [1.807, 2.05) is 43.0 Å². The summed E-state index contributed by atoms with van der Waals surface area (Å²) >= 11 is 0. The Hall–Kier alpha value is -2.73. The fourth-order valence-electron chi connectivity index (χ4n) is 3.93.